The first-order valence-electron chi connectivity index (χ1n) is 8.13. The fraction of sp³-hybridized carbons (Fsp3) is 0.529. The Labute approximate surface area is 148 Å². The lowest BCUT2D eigenvalue weighted by Crippen LogP contribution is -2.43. The number of rotatable bonds is 10. The molecule has 0 aliphatic rings. The molecule has 0 radical (unpaired) electrons. The molecule has 0 atom stereocenters. The molecule has 3 N–H and O–H groups in total. The van der Waals surface area contributed by atoms with Gasteiger partial charge in [-0.2, -0.15) is 0 Å². The number of carbonyl (C=O) groups excluding carboxylic acids is 1. The molecule has 0 spiro atoms. The van der Waals surface area contributed by atoms with E-state index in [0.29, 0.717) is 43.7 Å². The third-order valence-corrected chi connectivity index (χ3v) is 3.26. The number of methoxy groups -OCH3 is 3. The van der Waals surface area contributed by atoms with Crippen LogP contribution in [0.1, 0.15) is 12.5 Å². The molecule has 1 rings (SSSR count). The molecule has 0 aromatic heterocycles. The summed E-state index contributed by atoms with van der Waals surface area (Å²) in [6.45, 7) is 4.22. The maximum Gasteiger partial charge on any atom is 0.239 e. The third kappa shape index (κ3) is 7.75. The highest BCUT2D eigenvalue weighted by molar-refractivity contribution is 5.86. The van der Waals surface area contributed by atoms with Crippen LogP contribution in [0, 0.1) is 0 Å². The van der Waals surface area contributed by atoms with Crippen LogP contribution in [-0.2, 0) is 16.1 Å². The van der Waals surface area contributed by atoms with Crippen LogP contribution in [0.2, 0.25) is 0 Å². The van der Waals surface area contributed by atoms with Crippen molar-refractivity contribution in [1.29, 1.82) is 0 Å². The minimum absolute atomic E-state index is 0.117. The zero-order valence-corrected chi connectivity index (χ0v) is 15.3. The molecule has 140 valence electrons. The van der Waals surface area contributed by atoms with Gasteiger partial charge < -0.3 is 30.2 Å². The van der Waals surface area contributed by atoms with Crippen LogP contribution in [0.5, 0.6) is 11.5 Å². The number of amides is 1. The molecule has 0 saturated carbocycles. The topological polar surface area (TPSA) is 93.2 Å². The van der Waals surface area contributed by atoms with Crippen molar-refractivity contribution < 1.29 is 19.0 Å². The van der Waals surface area contributed by atoms with Crippen LogP contribution >= 0.6 is 0 Å². The molecule has 8 nitrogen and oxygen atoms in total. The van der Waals surface area contributed by atoms with Crippen LogP contribution in [0.25, 0.3) is 0 Å². The van der Waals surface area contributed by atoms with Gasteiger partial charge in [0.2, 0.25) is 5.91 Å². The van der Waals surface area contributed by atoms with Gasteiger partial charge in [0, 0.05) is 20.2 Å². The molecule has 0 aliphatic carbocycles. The number of hydrogen-bond acceptors (Lipinski definition) is 5. The van der Waals surface area contributed by atoms with E-state index in [1.54, 1.807) is 21.3 Å². The molecule has 0 fully saturated rings. The van der Waals surface area contributed by atoms with Crippen LogP contribution < -0.4 is 25.4 Å². The number of nitrogens with one attached hydrogen (secondary N) is 3. The van der Waals surface area contributed by atoms with E-state index in [1.165, 1.54) is 0 Å². The molecule has 1 aromatic rings. The van der Waals surface area contributed by atoms with Crippen LogP contribution in [0.4, 0.5) is 0 Å². The van der Waals surface area contributed by atoms with Gasteiger partial charge in [-0.15, -0.1) is 0 Å². The average Bonchev–Trinajstić information content (AvgIpc) is 2.63. The lowest BCUT2D eigenvalue weighted by atomic mass is 10.2. The van der Waals surface area contributed by atoms with Crippen LogP contribution in [0.15, 0.2) is 23.2 Å². The molecular weight excluding hydrogens is 324 g/mol. The highest BCUT2D eigenvalue weighted by Crippen LogP contribution is 2.27. The summed E-state index contributed by atoms with van der Waals surface area (Å²) in [6, 6.07) is 5.64. The lowest BCUT2D eigenvalue weighted by Gasteiger charge is -2.12. The van der Waals surface area contributed by atoms with Gasteiger partial charge in [-0.3, -0.25) is 4.79 Å². The van der Waals surface area contributed by atoms with Gasteiger partial charge >= 0.3 is 0 Å². The van der Waals surface area contributed by atoms with Crippen molar-refractivity contribution in [2.45, 2.75) is 13.5 Å². The molecular formula is C17H28N4O4. The second-order valence-electron chi connectivity index (χ2n) is 5.08. The number of nitrogens with zero attached hydrogens (tertiary/aromatic N) is 1. The highest BCUT2D eigenvalue weighted by atomic mass is 16.5. The number of benzene rings is 1. The highest BCUT2D eigenvalue weighted by Gasteiger charge is 2.06. The Morgan fingerprint density at radius 2 is 1.84 bits per heavy atom. The number of hydrogen-bond donors (Lipinski definition) is 3. The smallest absolute Gasteiger partial charge is 0.239 e. The number of aliphatic imine (C=N–C) groups is 1. The SMILES string of the molecule is CCNC(=NCc1ccc(OC)c(OC)c1)NCC(=O)NCCOC. The molecule has 0 aliphatic heterocycles. The quantitative estimate of drug-likeness (QED) is 0.323. The van der Waals surface area contributed by atoms with E-state index in [9.17, 15) is 4.79 Å². The molecule has 0 saturated heterocycles. The Hall–Kier alpha value is -2.48. The molecule has 0 unspecified atom stereocenters. The summed E-state index contributed by atoms with van der Waals surface area (Å²) in [7, 11) is 4.79. The number of ether oxygens (including phenoxy) is 3. The molecule has 8 heteroatoms. The predicted octanol–water partition coefficient (Wildman–Crippen LogP) is 0.522. The summed E-state index contributed by atoms with van der Waals surface area (Å²) in [5.41, 5.74) is 0.972. The molecule has 1 amide bonds. The normalized spacial score (nSPS) is 11.0. The summed E-state index contributed by atoms with van der Waals surface area (Å²) in [4.78, 5) is 16.2. The standard InChI is InChI=1S/C17H28N4O4/c1-5-18-17(21-12-16(22)19-8-9-23-2)20-11-13-6-7-14(24-3)15(10-13)25-4/h6-7,10H,5,8-9,11-12H2,1-4H3,(H,19,22)(H2,18,20,21). The van der Waals surface area contributed by atoms with Crippen molar-refractivity contribution in [3.8, 4) is 11.5 Å². The zero-order chi connectivity index (χ0) is 18.5. The Morgan fingerprint density at radius 1 is 1.08 bits per heavy atom. The van der Waals surface area contributed by atoms with E-state index < -0.39 is 0 Å². The van der Waals surface area contributed by atoms with E-state index in [0.717, 1.165) is 5.56 Å². The monoisotopic (exact) mass is 352 g/mol. The first kappa shape index (κ1) is 20.6. The van der Waals surface area contributed by atoms with E-state index >= 15 is 0 Å². The Morgan fingerprint density at radius 3 is 2.48 bits per heavy atom. The predicted molar refractivity (Wildman–Crippen MR) is 97.3 cm³/mol. The minimum atomic E-state index is -0.117. The third-order valence-electron chi connectivity index (χ3n) is 3.26. The second-order valence-corrected chi connectivity index (χ2v) is 5.08. The van der Waals surface area contributed by atoms with E-state index in [2.05, 4.69) is 20.9 Å². The van der Waals surface area contributed by atoms with Gasteiger partial charge in [0.1, 0.15) is 0 Å². The Bertz CT molecular complexity index is 564. The molecule has 0 bridgehead atoms. The van der Waals surface area contributed by atoms with Crippen LogP contribution in [0.3, 0.4) is 0 Å². The molecule has 1 aromatic carbocycles. The number of guanidine groups is 1. The van der Waals surface area contributed by atoms with Gasteiger partial charge in [-0.05, 0) is 24.6 Å². The Balaban J connectivity index is 2.61. The van der Waals surface area contributed by atoms with Crippen LogP contribution in [-0.4, -0.2) is 59.4 Å². The Kier molecular flexibility index (Phi) is 9.84. The van der Waals surface area contributed by atoms with Gasteiger partial charge in [-0.1, -0.05) is 6.07 Å². The van der Waals surface area contributed by atoms with Gasteiger partial charge in [0.25, 0.3) is 0 Å². The van der Waals surface area contributed by atoms with Crippen molar-refractivity contribution in [3.05, 3.63) is 23.8 Å². The summed E-state index contributed by atoms with van der Waals surface area (Å²) in [5.74, 6) is 1.78. The van der Waals surface area contributed by atoms with Crippen molar-refractivity contribution in [1.82, 2.24) is 16.0 Å². The minimum Gasteiger partial charge on any atom is -0.493 e. The van der Waals surface area contributed by atoms with E-state index in [4.69, 9.17) is 14.2 Å². The van der Waals surface area contributed by atoms with E-state index in [-0.39, 0.29) is 12.5 Å². The average molecular weight is 352 g/mol. The van der Waals surface area contributed by atoms with Gasteiger partial charge in [-0.25, -0.2) is 4.99 Å². The summed E-state index contributed by atoms with van der Waals surface area (Å²) in [6.07, 6.45) is 0. The summed E-state index contributed by atoms with van der Waals surface area (Å²) < 4.78 is 15.4. The van der Waals surface area contributed by atoms with Crippen molar-refractivity contribution >= 4 is 11.9 Å². The molecule has 0 heterocycles. The largest absolute Gasteiger partial charge is 0.493 e. The second kappa shape index (κ2) is 12.0. The van der Waals surface area contributed by atoms with Crippen molar-refractivity contribution in [2.24, 2.45) is 4.99 Å². The van der Waals surface area contributed by atoms with Crippen molar-refractivity contribution in [2.75, 3.05) is 47.6 Å². The maximum atomic E-state index is 11.7. The summed E-state index contributed by atoms with van der Waals surface area (Å²) >= 11 is 0. The molecule has 25 heavy (non-hydrogen) atoms. The van der Waals surface area contributed by atoms with Gasteiger partial charge in [0.05, 0.1) is 33.9 Å². The number of carbonyl (C=O) groups is 1. The first-order chi connectivity index (χ1) is 12.1. The van der Waals surface area contributed by atoms with Crippen molar-refractivity contribution in [3.63, 3.8) is 0 Å². The zero-order valence-electron chi connectivity index (χ0n) is 15.3. The lowest BCUT2D eigenvalue weighted by molar-refractivity contribution is -0.120. The summed E-state index contributed by atoms with van der Waals surface area (Å²) in [5, 5.41) is 8.85. The first-order valence-corrected chi connectivity index (χ1v) is 8.13. The van der Waals surface area contributed by atoms with Gasteiger partial charge in [0.15, 0.2) is 17.5 Å². The fourth-order valence-electron chi connectivity index (χ4n) is 2.01. The fourth-order valence-corrected chi connectivity index (χ4v) is 2.01. The van der Waals surface area contributed by atoms with E-state index in [1.807, 2.05) is 25.1 Å². The maximum absolute atomic E-state index is 11.7.